The first-order valence-corrected chi connectivity index (χ1v) is 6.94. The highest BCUT2D eigenvalue weighted by Gasteiger charge is 2.02. The highest BCUT2D eigenvalue weighted by Crippen LogP contribution is 2.08. The molecule has 0 atom stereocenters. The number of nitrogens with one attached hydrogen (secondary N) is 2. The van der Waals surface area contributed by atoms with Crippen molar-refractivity contribution in [2.75, 3.05) is 0 Å². The van der Waals surface area contributed by atoms with E-state index in [0.29, 0.717) is 13.1 Å². The van der Waals surface area contributed by atoms with Crippen molar-refractivity contribution in [3.63, 3.8) is 0 Å². The van der Waals surface area contributed by atoms with Gasteiger partial charge >= 0.3 is 6.03 Å². The fraction of sp³-hybridized carbons (Fsp3) is 0.125. The van der Waals surface area contributed by atoms with Crippen LogP contribution in [-0.4, -0.2) is 15.8 Å². The Morgan fingerprint density at radius 3 is 2.59 bits per heavy atom. The van der Waals surface area contributed by atoms with E-state index < -0.39 is 0 Å². The summed E-state index contributed by atoms with van der Waals surface area (Å²) in [5, 5.41) is 9.70. The van der Waals surface area contributed by atoms with Crippen LogP contribution >= 0.6 is 0 Å². The summed E-state index contributed by atoms with van der Waals surface area (Å²) in [6.45, 7) is 0.834. The molecule has 3 rings (SSSR count). The molecule has 6 heteroatoms. The minimum Gasteiger partial charge on any atom is -0.467 e. The maximum Gasteiger partial charge on any atom is 0.315 e. The number of furan rings is 1. The second-order valence-corrected chi connectivity index (χ2v) is 4.73. The maximum absolute atomic E-state index is 11.7. The van der Waals surface area contributed by atoms with Crippen molar-refractivity contribution in [2.45, 2.75) is 13.1 Å². The molecule has 0 spiro atoms. The molecule has 0 saturated carbocycles. The lowest BCUT2D eigenvalue weighted by atomic mass is 10.2. The summed E-state index contributed by atoms with van der Waals surface area (Å²) in [6, 6.07) is 13.1. The van der Waals surface area contributed by atoms with Crippen LogP contribution in [0, 0.1) is 0 Å². The summed E-state index contributed by atoms with van der Waals surface area (Å²) < 4.78 is 6.93. The molecule has 0 unspecified atom stereocenters. The van der Waals surface area contributed by atoms with Crippen molar-refractivity contribution >= 4 is 6.03 Å². The fourth-order valence-electron chi connectivity index (χ4n) is 2.01. The molecule has 0 aliphatic carbocycles. The van der Waals surface area contributed by atoms with E-state index in [1.165, 1.54) is 0 Å². The lowest BCUT2D eigenvalue weighted by Crippen LogP contribution is -2.34. The van der Waals surface area contributed by atoms with Gasteiger partial charge in [-0.05, 0) is 35.9 Å². The number of hydrogen-bond donors (Lipinski definition) is 2. The zero-order valence-electron chi connectivity index (χ0n) is 11.9. The van der Waals surface area contributed by atoms with Crippen molar-refractivity contribution < 1.29 is 9.21 Å². The van der Waals surface area contributed by atoms with Crippen LogP contribution < -0.4 is 10.6 Å². The van der Waals surface area contributed by atoms with E-state index in [4.69, 9.17) is 4.42 Å². The summed E-state index contributed by atoms with van der Waals surface area (Å²) in [4.78, 5) is 11.7. The third-order valence-electron chi connectivity index (χ3n) is 3.16. The molecule has 6 nitrogen and oxygen atoms in total. The van der Waals surface area contributed by atoms with Crippen LogP contribution in [0.5, 0.6) is 0 Å². The molecule has 3 aromatic rings. The predicted molar refractivity (Wildman–Crippen MR) is 81.3 cm³/mol. The number of amides is 2. The first-order chi connectivity index (χ1) is 10.8. The Morgan fingerprint density at radius 2 is 1.91 bits per heavy atom. The maximum atomic E-state index is 11.7. The third kappa shape index (κ3) is 3.54. The van der Waals surface area contributed by atoms with Gasteiger partial charge in [0.1, 0.15) is 5.76 Å². The summed E-state index contributed by atoms with van der Waals surface area (Å²) in [5.41, 5.74) is 2.00. The van der Waals surface area contributed by atoms with E-state index >= 15 is 0 Å². The molecule has 22 heavy (non-hydrogen) atoms. The normalized spacial score (nSPS) is 10.4. The van der Waals surface area contributed by atoms with Gasteiger partial charge in [-0.3, -0.25) is 0 Å². The van der Waals surface area contributed by atoms with Gasteiger partial charge in [-0.1, -0.05) is 12.1 Å². The number of benzene rings is 1. The first-order valence-electron chi connectivity index (χ1n) is 6.94. The van der Waals surface area contributed by atoms with Crippen LogP contribution in [-0.2, 0) is 13.1 Å². The van der Waals surface area contributed by atoms with Crippen LogP contribution in [0.2, 0.25) is 0 Å². The van der Waals surface area contributed by atoms with Crippen molar-refractivity contribution in [3.8, 4) is 5.69 Å². The van der Waals surface area contributed by atoms with Gasteiger partial charge in [0, 0.05) is 18.9 Å². The van der Waals surface area contributed by atoms with Gasteiger partial charge in [-0.2, -0.15) is 5.10 Å². The van der Waals surface area contributed by atoms with E-state index in [1.54, 1.807) is 23.2 Å². The first kappa shape index (κ1) is 13.9. The van der Waals surface area contributed by atoms with E-state index in [2.05, 4.69) is 15.7 Å². The zero-order chi connectivity index (χ0) is 15.2. The van der Waals surface area contributed by atoms with Gasteiger partial charge in [-0.15, -0.1) is 0 Å². The molecule has 0 aliphatic heterocycles. The molecule has 2 heterocycles. The second kappa shape index (κ2) is 6.62. The Bertz CT molecular complexity index is 703. The smallest absolute Gasteiger partial charge is 0.315 e. The SMILES string of the molecule is O=C(NCc1ccc(-n2cccn2)cc1)NCc1ccco1. The highest BCUT2D eigenvalue weighted by molar-refractivity contribution is 5.73. The summed E-state index contributed by atoms with van der Waals surface area (Å²) >= 11 is 0. The molecule has 0 saturated heterocycles. The van der Waals surface area contributed by atoms with Gasteiger partial charge in [0.05, 0.1) is 18.5 Å². The van der Waals surface area contributed by atoms with Gasteiger partial charge in [0.15, 0.2) is 0 Å². The molecular formula is C16H16N4O2. The fourth-order valence-corrected chi connectivity index (χ4v) is 2.01. The number of urea groups is 1. The predicted octanol–water partition coefficient (Wildman–Crippen LogP) is 2.46. The molecule has 1 aromatic carbocycles. The lowest BCUT2D eigenvalue weighted by Gasteiger charge is -2.07. The van der Waals surface area contributed by atoms with Crippen molar-refractivity contribution in [3.05, 3.63) is 72.4 Å². The minimum absolute atomic E-state index is 0.229. The molecular weight excluding hydrogens is 280 g/mol. The Kier molecular flexibility index (Phi) is 4.20. The van der Waals surface area contributed by atoms with Crippen LogP contribution in [0.1, 0.15) is 11.3 Å². The van der Waals surface area contributed by atoms with Gasteiger partial charge < -0.3 is 15.1 Å². The third-order valence-corrected chi connectivity index (χ3v) is 3.16. The van der Waals surface area contributed by atoms with Crippen LogP contribution in [0.3, 0.4) is 0 Å². The molecule has 0 aliphatic rings. The second-order valence-electron chi connectivity index (χ2n) is 4.73. The molecule has 0 bridgehead atoms. The van der Waals surface area contributed by atoms with Gasteiger partial charge in [0.2, 0.25) is 0 Å². The number of rotatable bonds is 5. The Labute approximate surface area is 127 Å². The topological polar surface area (TPSA) is 72.1 Å². The van der Waals surface area contributed by atoms with E-state index in [1.807, 2.05) is 42.6 Å². The highest BCUT2D eigenvalue weighted by atomic mass is 16.3. The number of hydrogen-bond acceptors (Lipinski definition) is 3. The van der Waals surface area contributed by atoms with Crippen LogP contribution in [0.25, 0.3) is 5.69 Å². The van der Waals surface area contributed by atoms with Crippen LogP contribution in [0.15, 0.2) is 65.5 Å². The molecule has 0 radical (unpaired) electrons. The van der Waals surface area contributed by atoms with Gasteiger partial charge in [0.25, 0.3) is 0 Å². The van der Waals surface area contributed by atoms with Crippen LogP contribution in [0.4, 0.5) is 4.79 Å². The quantitative estimate of drug-likeness (QED) is 0.759. The van der Waals surface area contributed by atoms with E-state index in [0.717, 1.165) is 17.0 Å². The zero-order valence-corrected chi connectivity index (χ0v) is 11.9. The molecule has 2 amide bonds. The Balaban J connectivity index is 1.48. The van der Waals surface area contributed by atoms with Gasteiger partial charge in [-0.25, -0.2) is 9.48 Å². The summed E-state index contributed by atoms with van der Waals surface area (Å²) in [5.74, 6) is 0.721. The average molecular weight is 296 g/mol. The van der Waals surface area contributed by atoms with Crippen molar-refractivity contribution in [1.29, 1.82) is 0 Å². The Hall–Kier alpha value is -3.02. The summed E-state index contributed by atoms with van der Waals surface area (Å²) in [7, 11) is 0. The molecule has 0 fully saturated rings. The number of aromatic nitrogens is 2. The molecule has 2 aromatic heterocycles. The Morgan fingerprint density at radius 1 is 1.09 bits per heavy atom. The molecule has 112 valence electrons. The molecule has 2 N–H and O–H groups in total. The standard InChI is InChI=1S/C16H16N4O2/c21-16(18-12-15-3-1-10-22-15)17-11-13-4-6-14(7-5-13)20-9-2-8-19-20/h1-10H,11-12H2,(H2,17,18,21). The number of carbonyl (C=O) groups is 1. The largest absolute Gasteiger partial charge is 0.467 e. The monoisotopic (exact) mass is 296 g/mol. The van der Waals surface area contributed by atoms with E-state index in [9.17, 15) is 4.79 Å². The number of carbonyl (C=O) groups excluding carboxylic acids is 1. The minimum atomic E-state index is -0.229. The summed E-state index contributed by atoms with van der Waals surface area (Å²) in [6.07, 6.45) is 5.20. The van der Waals surface area contributed by atoms with Crippen molar-refractivity contribution in [2.24, 2.45) is 0 Å². The number of nitrogens with zero attached hydrogens (tertiary/aromatic N) is 2. The van der Waals surface area contributed by atoms with Crippen molar-refractivity contribution in [1.82, 2.24) is 20.4 Å². The average Bonchev–Trinajstić information content (AvgIpc) is 3.24. The lowest BCUT2D eigenvalue weighted by molar-refractivity contribution is 0.239. The van der Waals surface area contributed by atoms with E-state index in [-0.39, 0.29) is 6.03 Å².